The number of nitrogens with zero attached hydrogens (tertiary/aromatic N) is 2. The minimum absolute atomic E-state index is 0.757. The van der Waals surface area contributed by atoms with Gasteiger partial charge in [-0.15, -0.1) is 0 Å². The molecule has 4 heteroatoms. The molecule has 0 radical (unpaired) electrons. The molecule has 2 aromatic rings. The van der Waals surface area contributed by atoms with Crippen molar-refractivity contribution < 1.29 is 0 Å². The van der Waals surface area contributed by atoms with E-state index in [4.69, 9.17) is 0 Å². The zero-order chi connectivity index (χ0) is 8.55. The predicted octanol–water partition coefficient (Wildman–Crippen LogP) is 3.15. The van der Waals surface area contributed by atoms with Crippen LogP contribution < -0.4 is 0 Å². The summed E-state index contributed by atoms with van der Waals surface area (Å²) < 4.78 is 1.98. The summed E-state index contributed by atoms with van der Waals surface area (Å²) in [7, 11) is 0. The molecule has 2 aromatic heterocycles. The van der Waals surface area contributed by atoms with Crippen molar-refractivity contribution in [3.05, 3.63) is 33.5 Å². The predicted molar refractivity (Wildman–Crippen MR) is 54.9 cm³/mol. The van der Waals surface area contributed by atoms with Crippen LogP contribution in [0.4, 0.5) is 0 Å². The van der Waals surface area contributed by atoms with Crippen molar-refractivity contribution in [1.29, 1.82) is 0 Å². The van der Waals surface area contributed by atoms with E-state index in [1.54, 1.807) is 12.4 Å². The number of hydrogen-bond donors (Lipinski definition) is 0. The van der Waals surface area contributed by atoms with Gasteiger partial charge in [0.25, 0.3) is 0 Å². The number of rotatable bonds is 0. The highest BCUT2D eigenvalue weighted by Crippen LogP contribution is 2.22. The molecule has 2 rings (SSSR count). The highest BCUT2D eigenvalue weighted by Gasteiger charge is 1.99. The lowest BCUT2D eigenvalue weighted by atomic mass is 10.3. The summed E-state index contributed by atoms with van der Waals surface area (Å²) in [6.45, 7) is 0. The number of halogens is 2. The minimum Gasteiger partial charge on any atom is -0.237 e. The Balaban J connectivity index is 2.88. The molecule has 0 aliphatic rings. The fourth-order valence-electron chi connectivity index (χ4n) is 0.974. The van der Waals surface area contributed by atoms with Gasteiger partial charge in [0, 0.05) is 26.7 Å². The average molecular weight is 288 g/mol. The smallest absolute Gasteiger partial charge is 0.160 e. The second kappa shape index (κ2) is 3.11. The van der Waals surface area contributed by atoms with Crippen molar-refractivity contribution in [2.75, 3.05) is 0 Å². The Labute approximate surface area is 86.3 Å². The molecule has 60 valence electrons. The largest absolute Gasteiger partial charge is 0.237 e. The first kappa shape index (κ1) is 8.13. The molecule has 0 spiro atoms. The van der Waals surface area contributed by atoms with Crippen molar-refractivity contribution in [3.63, 3.8) is 0 Å². The summed E-state index contributed by atoms with van der Waals surface area (Å²) in [4.78, 5) is 8.27. The van der Waals surface area contributed by atoms with Gasteiger partial charge in [0.05, 0.1) is 0 Å². The van der Waals surface area contributed by atoms with Gasteiger partial charge in [0.1, 0.15) is 0 Å². The molecule has 0 fully saturated rings. The van der Waals surface area contributed by atoms with E-state index in [1.165, 1.54) is 0 Å². The SMILES string of the molecule is Brc1cnc2nccc(Br)c2c1. The Kier molecular flexibility index (Phi) is 2.11. The second-order valence-corrected chi connectivity index (χ2v) is 4.09. The Morgan fingerprint density at radius 1 is 1.17 bits per heavy atom. The molecule has 0 saturated carbocycles. The summed E-state index contributed by atoms with van der Waals surface area (Å²) in [5.41, 5.74) is 0.757. The molecule has 0 aliphatic carbocycles. The molecule has 0 atom stereocenters. The van der Waals surface area contributed by atoms with Gasteiger partial charge in [0.2, 0.25) is 0 Å². The van der Waals surface area contributed by atoms with Crippen LogP contribution in [0.5, 0.6) is 0 Å². The van der Waals surface area contributed by atoms with E-state index in [-0.39, 0.29) is 0 Å². The molecule has 0 N–H and O–H groups in total. The van der Waals surface area contributed by atoms with Crippen LogP contribution in [0.2, 0.25) is 0 Å². The lowest BCUT2D eigenvalue weighted by Gasteiger charge is -1.97. The van der Waals surface area contributed by atoms with Crippen LogP contribution in [0.15, 0.2) is 33.5 Å². The van der Waals surface area contributed by atoms with E-state index in [9.17, 15) is 0 Å². The Hall–Kier alpha value is -0.480. The zero-order valence-electron chi connectivity index (χ0n) is 5.96. The van der Waals surface area contributed by atoms with Crippen LogP contribution in [0, 0.1) is 0 Å². The van der Waals surface area contributed by atoms with Crippen molar-refractivity contribution >= 4 is 42.9 Å². The first-order valence-electron chi connectivity index (χ1n) is 3.33. The highest BCUT2D eigenvalue weighted by molar-refractivity contribution is 9.11. The molecule has 0 saturated heterocycles. The molecule has 0 unspecified atom stereocenters. The van der Waals surface area contributed by atoms with Gasteiger partial charge >= 0.3 is 0 Å². The lowest BCUT2D eigenvalue weighted by Crippen LogP contribution is -1.83. The maximum Gasteiger partial charge on any atom is 0.160 e. The van der Waals surface area contributed by atoms with E-state index in [0.717, 1.165) is 20.0 Å². The third-order valence-corrected chi connectivity index (χ3v) is 2.63. The Bertz CT molecular complexity index is 428. The summed E-state index contributed by atoms with van der Waals surface area (Å²) in [6, 6.07) is 3.88. The van der Waals surface area contributed by atoms with Crippen molar-refractivity contribution in [2.45, 2.75) is 0 Å². The summed E-state index contributed by atoms with van der Waals surface area (Å²) >= 11 is 6.79. The molecule has 2 heterocycles. The third-order valence-electron chi connectivity index (χ3n) is 1.51. The van der Waals surface area contributed by atoms with Crippen LogP contribution in [-0.2, 0) is 0 Å². The number of fused-ring (bicyclic) bond motifs is 1. The van der Waals surface area contributed by atoms with Crippen LogP contribution in [-0.4, -0.2) is 9.97 Å². The summed E-state index contributed by atoms with van der Waals surface area (Å²) in [5.74, 6) is 0. The first-order chi connectivity index (χ1) is 5.77. The fraction of sp³-hybridized carbons (Fsp3) is 0. The number of pyridine rings is 2. The molecular formula is C8H4Br2N2. The molecule has 0 amide bonds. The van der Waals surface area contributed by atoms with E-state index >= 15 is 0 Å². The zero-order valence-corrected chi connectivity index (χ0v) is 9.13. The molecule has 2 nitrogen and oxygen atoms in total. The van der Waals surface area contributed by atoms with E-state index in [2.05, 4.69) is 41.8 Å². The normalized spacial score (nSPS) is 10.5. The van der Waals surface area contributed by atoms with E-state index in [1.807, 2.05) is 12.1 Å². The third kappa shape index (κ3) is 1.36. The van der Waals surface area contributed by atoms with Gasteiger partial charge < -0.3 is 0 Å². The molecule has 0 aliphatic heterocycles. The minimum atomic E-state index is 0.757. The van der Waals surface area contributed by atoms with Gasteiger partial charge in [-0.05, 0) is 44.0 Å². The van der Waals surface area contributed by atoms with Crippen LogP contribution in [0.3, 0.4) is 0 Å². The summed E-state index contributed by atoms with van der Waals surface area (Å²) in [6.07, 6.45) is 3.47. The quantitative estimate of drug-likeness (QED) is 0.744. The molecule has 12 heavy (non-hydrogen) atoms. The maximum atomic E-state index is 4.15. The standard InChI is InChI=1S/C8H4Br2N2/c9-5-3-6-7(10)1-2-11-8(6)12-4-5/h1-4H. The average Bonchev–Trinajstić information content (AvgIpc) is 2.07. The molecular weight excluding hydrogens is 284 g/mol. The molecule has 0 aromatic carbocycles. The van der Waals surface area contributed by atoms with Crippen molar-refractivity contribution in [1.82, 2.24) is 9.97 Å². The lowest BCUT2D eigenvalue weighted by molar-refractivity contribution is 1.27. The van der Waals surface area contributed by atoms with Crippen LogP contribution >= 0.6 is 31.9 Å². The van der Waals surface area contributed by atoms with Gasteiger partial charge in [-0.25, -0.2) is 9.97 Å². The number of aromatic nitrogens is 2. The Morgan fingerprint density at radius 2 is 2.00 bits per heavy atom. The van der Waals surface area contributed by atoms with E-state index < -0.39 is 0 Å². The van der Waals surface area contributed by atoms with Gasteiger partial charge in [-0.2, -0.15) is 0 Å². The van der Waals surface area contributed by atoms with Crippen molar-refractivity contribution in [2.24, 2.45) is 0 Å². The van der Waals surface area contributed by atoms with Gasteiger partial charge in [-0.3, -0.25) is 0 Å². The maximum absolute atomic E-state index is 4.15. The van der Waals surface area contributed by atoms with Gasteiger partial charge in [-0.1, -0.05) is 0 Å². The topological polar surface area (TPSA) is 25.8 Å². The first-order valence-corrected chi connectivity index (χ1v) is 4.92. The molecule has 0 bridgehead atoms. The monoisotopic (exact) mass is 286 g/mol. The van der Waals surface area contributed by atoms with Crippen LogP contribution in [0.1, 0.15) is 0 Å². The van der Waals surface area contributed by atoms with E-state index in [0.29, 0.717) is 0 Å². The Morgan fingerprint density at radius 3 is 2.83 bits per heavy atom. The van der Waals surface area contributed by atoms with Crippen LogP contribution in [0.25, 0.3) is 11.0 Å². The highest BCUT2D eigenvalue weighted by atomic mass is 79.9. The van der Waals surface area contributed by atoms with Gasteiger partial charge in [0.15, 0.2) is 5.65 Å². The fourth-order valence-corrected chi connectivity index (χ4v) is 1.72. The van der Waals surface area contributed by atoms with Crippen molar-refractivity contribution in [3.8, 4) is 0 Å². The summed E-state index contributed by atoms with van der Waals surface area (Å²) in [5, 5.41) is 1.02. The number of hydrogen-bond acceptors (Lipinski definition) is 2. The second-order valence-electron chi connectivity index (χ2n) is 2.32.